The Morgan fingerprint density at radius 2 is 1.81 bits per heavy atom. The maximum atomic E-state index is 13.1. The van der Waals surface area contributed by atoms with Crippen LogP contribution in [0.3, 0.4) is 0 Å². The molecule has 4 nitrogen and oxygen atoms in total. The lowest BCUT2D eigenvalue weighted by Crippen LogP contribution is -2.26. The van der Waals surface area contributed by atoms with E-state index in [0.717, 1.165) is 16.7 Å². The predicted molar refractivity (Wildman–Crippen MR) is 120 cm³/mol. The number of aryl methyl sites for hydroxylation is 1. The van der Waals surface area contributed by atoms with Gasteiger partial charge in [0.05, 0.1) is 12.6 Å². The normalized spacial score (nSPS) is 11.6. The summed E-state index contributed by atoms with van der Waals surface area (Å²) in [5, 5.41) is 3.62. The Balaban J connectivity index is 1.75. The third kappa shape index (κ3) is 5.98. The quantitative estimate of drug-likeness (QED) is 0.449. The predicted octanol–water partition coefficient (Wildman–Crippen LogP) is 6.26. The number of rotatable bonds is 8. The minimum Gasteiger partial charge on any atom is -0.493 e. The van der Waals surface area contributed by atoms with Crippen LogP contribution in [0, 0.1) is 12.7 Å². The SMILES string of the molecule is CCOc1ccc(C(=O)N[C@H](C)c2ccc(F)cc2)cc1COc1ccc(Cl)c(C)c1. The first kappa shape index (κ1) is 22.6. The van der Waals surface area contributed by atoms with Crippen LogP contribution in [0.15, 0.2) is 60.7 Å². The van der Waals surface area contributed by atoms with Crippen molar-refractivity contribution in [2.45, 2.75) is 33.4 Å². The van der Waals surface area contributed by atoms with Crippen LogP contribution < -0.4 is 14.8 Å². The largest absolute Gasteiger partial charge is 0.493 e. The van der Waals surface area contributed by atoms with Crippen molar-refractivity contribution < 1.29 is 18.7 Å². The van der Waals surface area contributed by atoms with E-state index in [2.05, 4.69) is 5.32 Å². The van der Waals surface area contributed by atoms with E-state index in [9.17, 15) is 9.18 Å². The number of carbonyl (C=O) groups excluding carboxylic acids is 1. The van der Waals surface area contributed by atoms with E-state index >= 15 is 0 Å². The Kier molecular flexibility index (Phi) is 7.53. The van der Waals surface area contributed by atoms with Crippen LogP contribution in [0.2, 0.25) is 5.02 Å². The molecule has 162 valence electrons. The molecule has 3 aromatic rings. The van der Waals surface area contributed by atoms with Gasteiger partial charge in [-0.15, -0.1) is 0 Å². The lowest BCUT2D eigenvalue weighted by Gasteiger charge is -2.16. The minimum atomic E-state index is -0.311. The molecule has 3 aromatic carbocycles. The molecule has 1 amide bonds. The van der Waals surface area contributed by atoms with E-state index < -0.39 is 0 Å². The van der Waals surface area contributed by atoms with Crippen molar-refractivity contribution in [3.05, 3.63) is 93.8 Å². The monoisotopic (exact) mass is 441 g/mol. The number of ether oxygens (including phenoxy) is 2. The second kappa shape index (κ2) is 10.3. The highest BCUT2D eigenvalue weighted by Crippen LogP contribution is 2.25. The molecule has 0 spiro atoms. The zero-order valence-corrected chi connectivity index (χ0v) is 18.5. The number of benzene rings is 3. The van der Waals surface area contributed by atoms with Gasteiger partial charge < -0.3 is 14.8 Å². The topological polar surface area (TPSA) is 47.6 Å². The van der Waals surface area contributed by atoms with Crippen LogP contribution in [0.4, 0.5) is 4.39 Å². The average Bonchev–Trinajstić information content (AvgIpc) is 2.76. The molecule has 0 aliphatic carbocycles. The number of nitrogens with one attached hydrogen (secondary N) is 1. The van der Waals surface area contributed by atoms with E-state index in [4.69, 9.17) is 21.1 Å². The molecule has 0 fully saturated rings. The Labute approximate surface area is 187 Å². The number of carbonyl (C=O) groups is 1. The van der Waals surface area contributed by atoms with Gasteiger partial charge in [0.25, 0.3) is 5.91 Å². The van der Waals surface area contributed by atoms with Gasteiger partial charge in [0.1, 0.15) is 23.9 Å². The van der Waals surface area contributed by atoms with Gasteiger partial charge in [0.15, 0.2) is 0 Å². The molecular weight excluding hydrogens is 417 g/mol. The van der Waals surface area contributed by atoms with Crippen molar-refractivity contribution >= 4 is 17.5 Å². The minimum absolute atomic E-state index is 0.233. The highest BCUT2D eigenvalue weighted by Gasteiger charge is 2.15. The van der Waals surface area contributed by atoms with E-state index in [0.29, 0.717) is 28.7 Å². The molecule has 0 saturated heterocycles. The summed E-state index contributed by atoms with van der Waals surface area (Å²) in [5.74, 6) is 0.804. The summed E-state index contributed by atoms with van der Waals surface area (Å²) in [5.41, 5.74) is 2.99. The fraction of sp³-hybridized carbons (Fsp3) is 0.240. The van der Waals surface area contributed by atoms with E-state index in [1.54, 1.807) is 42.5 Å². The van der Waals surface area contributed by atoms with Crippen LogP contribution in [-0.4, -0.2) is 12.5 Å². The molecule has 0 bridgehead atoms. The van der Waals surface area contributed by atoms with Gasteiger partial charge in [-0.1, -0.05) is 23.7 Å². The van der Waals surface area contributed by atoms with Gasteiger partial charge in [-0.2, -0.15) is 0 Å². The number of amides is 1. The first-order chi connectivity index (χ1) is 14.9. The van der Waals surface area contributed by atoms with Crippen LogP contribution in [0.25, 0.3) is 0 Å². The summed E-state index contributed by atoms with van der Waals surface area (Å²) in [7, 11) is 0. The number of hydrogen-bond acceptors (Lipinski definition) is 3. The standard InChI is InChI=1S/C25H25ClFNO3/c1-4-30-24-12-7-19(25(29)28-17(3)18-5-8-21(27)9-6-18)14-20(24)15-31-22-10-11-23(26)16(2)13-22/h5-14,17H,4,15H2,1-3H3,(H,28,29)/t17-/m1/s1. The average molecular weight is 442 g/mol. The van der Waals surface area contributed by atoms with Crippen LogP contribution in [0.5, 0.6) is 11.5 Å². The summed E-state index contributed by atoms with van der Waals surface area (Å²) in [6, 6.07) is 16.5. The van der Waals surface area contributed by atoms with Crippen molar-refractivity contribution in [1.29, 1.82) is 0 Å². The second-order valence-corrected chi connectivity index (χ2v) is 7.61. The maximum absolute atomic E-state index is 13.1. The van der Waals surface area contributed by atoms with Crippen LogP contribution in [-0.2, 0) is 6.61 Å². The fourth-order valence-electron chi connectivity index (χ4n) is 3.11. The smallest absolute Gasteiger partial charge is 0.251 e. The number of halogens is 2. The molecule has 0 unspecified atom stereocenters. The summed E-state index contributed by atoms with van der Waals surface area (Å²) in [6.07, 6.45) is 0. The van der Waals surface area contributed by atoms with Crippen molar-refractivity contribution in [2.24, 2.45) is 0 Å². The molecule has 6 heteroatoms. The lowest BCUT2D eigenvalue weighted by atomic mass is 10.1. The molecule has 1 atom stereocenters. The Morgan fingerprint density at radius 3 is 2.48 bits per heavy atom. The van der Waals surface area contributed by atoms with Crippen molar-refractivity contribution in [2.75, 3.05) is 6.61 Å². The summed E-state index contributed by atoms with van der Waals surface area (Å²) < 4.78 is 24.7. The molecule has 3 rings (SSSR count). The third-order valence-electron chi connectivity index (χ3n) is 4.86. The zero-order chi connectivity index (χ0) is 22.4. The molecule has 0 heterocycles. The van der Waals surface area contributed by atoms with Crippen LogP contribution >= 0.6 is 11.6 Å². The molecule has 0 saturated carbocycles. The molecule has 0 aliphatic heterocycles. The Morgan fingerprint density at radius 1 is 1.06 bits per heavy atom. The molecule has 0 aromatic heterocycles. The molecule has 31 heavy (non-hydrogen) atoms. The summed E-state index contributed by atoms with van der Waals surface area (Å²) in [6.45, 7) is 6.41. The van der Waals surface area contributed by atoms with E-state index in [-0.39, 0.29) is 24.4 Å². The van der Waals surface area contributed by atoms with Crippen molar-refractivity contribution in [1.82, 2.24) is 5.32 Å². The summed E-state index contributed by atoms with van der Waals surface area (Å²) >= 11 is 6.07. The van der Waals surface area contributed by atoms with Crippen molar-refractivity contribution in [3.8, 4) is 11.5 Å². The molecular formula is C25H25ClFNO3. The van der Waals surface area contributed by atoms with Crippen LogP contribution in [0.1, 0.15) is 46.9 Å². The molecule has 1 N–H and O–H groups in total. The fourth-order valence-corrected chi connectivity index (χ4v) is 3.23. The van der Waals surface area contributed by atoms with Gasteiger partial charge in [-0.05, 0) is 80.4 Å². The lowest BCUT2D eigenvalue weighted by molar-refractivity contribution is 0.0939. The molecule has 0 radical (unpaired) electrons. The van der Waals surface area contributed by atoms with Gasteiger partial charge in [0, 0.05) is 16.1 Å². The second-order valence-electron chi connectivity index (χ2n) is 7.20. The first-order valence-electron chi connectivity index (χ1n) is 10.1. The van der Waals surface area contributed by atoms with E-state index in [1.807, 2.05) is 26.8 Å². The molecule has 0 aliphatic rings. The van der Waals surface area contributed by atoms with Gasteiger partial charge >= 0.3 is 0 Å². The Hall–Kier alpha value is -3.05. The first-order valence-corrected chi connectivity index (χ1v) is 10.5. The van der Waals surface area contributed by atoms with Gasteiger partial charge in [-0.3, -0.25) is 4.79 Å². The highest BCUT2D eigenvalue weighted by molar-refractivity contribution is 6.31. The van der Waals surface area contributed by atoms with Gasteiger partial charge in [0.2, 0.25) is 0 Å². The Bertz CT molecular complexity index is 1050. The van der Waals surface area contributed by atoms with Gasteiger partial charge in [-0.25, -0.2) is 4.39 Å². The maximum Gasteiger partial charge on any atom is 0.251 e. The van der Waals surface area contributed by atoms with Crippen molar-refractivity contribution in [3.63, 3.8) is 0 Å². The highest BCUT2D eigenvalue weighted by atomic mass is 35.5. The zero-order valence-electron chi connectivity index (χ0n) is 17.7. The third-order valence-corrected chi connectivity index (χ3v) is 5.29. The summed E-state index contributed by atoms with van der Waals surface area (Å²) in [4.78, 5) is 12.8. The van der Waals surface area contributed by atoms with E-state index in [1.165, 1.54) is 12.1 Å². The number of hydrogen-bond donors (Lipinski definition) is 1.